The summed E-state index contributed by atoms with van der Waals surface area (Å²) in [4.78, 5) is 41.5. The molecule has 1 aliphatic rings. The van der Waals surface area contributed by atoms with Crippen LogP contribution in [0, 0.1) is 12.3 Å². The normalized spacial score (nSPS) is 13.4. The van der Waals surface area contributed by atoms with E-state index in [-0.39, 0.29) is 18.0 Å². The van der Waals surface area contributed by atoms with E-state index in [1.807, 2.05) is 43.3 Å². The molecule has 10 nitrogen and oxygen atoms in total. The van der Waals surface area contributed by atoms with Gasteiger partial charge in [-0.15, -0.1) is 6.42 Å². The Morgan fingerprint density at radius 2 is 1.83 bits per heavy atom. The fraction of sp³-hybridized carbons (Fsp3) is 0.346. The van der Waals surface area contributed by atoms with Crippen molar-refractivity contribution in [2.24, 2.45) is 0 Å². The molecule has 0 atom stereocenters. The number of likely N-dealkylation sites (N-methyl/N-ethyl adjacent to an activating group) is 2. The van der Waals surface area contributed by atoms with Gasteiger partial charge in [-0.25, -0.2) is 14.8 Å². The molecule has 2 heterocycles. The monoisotopic (exact) mass is 486 g/mol. The zero-order valence-corrected chi connectivity index (χ0v) is 20.7. The number of pyridine rings is 1. The quantitative estimate of drug-likeness (QED) is 0.439. The van der Waals surface area contributed by atoms with Crippen LogP contribution in [0.2, 0.25) is 0 Å². The maximum absolute atomic E-state index is 12.4. The van der Waals surface area contributed by atoms with Crippen molar-refractivity contribution >= 4 is 46.1 Å². The molecule has 0 unspecified atom stereocenters. The molecule has 1 saturated carbocycles. The van der Waals surface area contributed by atoms with Gasteiger partial charge in [-0.1, -0.05) is 18.8 Å². The Labute approximate surface area is 210 Å². The van der Waals surface area contributed by atoms with Crippen molar-refractivity contribution in [1.29, 1.82) is 0 Å². The van der Waals surface area contributed by atoms with Gasteiger partial charge in [-0.3, -0.25) is 10.1 Å². The summed E-state index contributed by atoms with van der Waals surface area (Å²) in [7, 11) is 5.46. The highest BCUT2D eigenvalue weighted by molar-refractivity contribution is 5.94. The molecule has 1 aliphatic carbocycles. The smallest absolute Gasteiger partial charge is 0.320 e. The first kappa shape index (κ1) is 24.9. The van der Waals surface area contributed by atoms with Crippen LogP contribution in [0.4, 0.5) is 27.9 Å². The Bertz CT molecular complexity index is 1290. The number of fused-ring (bicyclic) bond motifs is 1. The van der Waals surface area contributed by atoms with E-state index < -0.39 is 0 Å². The van der Waals surface area contributed by atoms with E-state index in [1.54, 1.807) is 24.2 Å². The van der Waals surface area contributed by atoms with Gasteiger partial charge in [0.15, 0.2) is 5.65 Å². The van der Waals surface area contributed by atoms with E-state index in [1.165, 1.54) is 0 Å². The molecule has 1 aromatic carbocycles. The molecule has 186 valence electrons. The predicted molar refractivity (Wildman–Crippen MR) is 141 cm³/mol. The van der Waals surface area contributed by atoms with Crippen LogP contribution in [0.1, 0.15) is 31.2 Å². The molecule has 36 heavy (non-hydrogen) atoms. The number of rotatable bonds is 7. The number of anilines is 4. The van der Waals surface area contributed by atoms with Gasteiger partial charge in [0.2, 0.25) is 11.9 Å². The summed E-state index contributed by atoms with van der Waals surface area (Å²) in [6.45, 7) is 0.327. The largest absolute Gasteiger partial charge is 0.335 e. The van der Waals surface area contributed by atoms with E-state index >= 15 is 0 Å². The number of hydrogen-bond acceptors (Lipinski definition) is 7. The van der Waals surface area contributed by atoms with Crippen molar-refractivity contribution in [3.8, 4) is 12.3 Å². The minimum Gasteiger partial charge on any atom is -0.335 e. The molecular weight excluding hydrogens is 456 g/mol. The molecule has 10 heteroatoms. The molecule has 1 fully saturated rings. The first-order chi connectivity index (χ1) is 17.3. The molecule has 0 aliphatic heterocycles. The molecule has 3 amide bonds. The van der Waals surface area contributed by atoms with Crippen molar-refractivity contribution in [2.45, 2.75) is 31.7 Å². The number of benzene rings is 1. The summed E-state index contributed by atoms with van der Waals surface area (Å²) >= 11 is 0. The number of nitrogens with zero attached hydrogens (tertiary/aromatic N) is 5. The lowest BCUT2D eigenvalue weighted by Crippen LogP contribution is -2.36. The number of hydrogen-bond donors (Lipinski definition) is 3. The highest BCUT2D eigenvalue weighted by Crippen LogP contribution is 2.23. The van der Waals surface area contributed by atoms with Crippen LogP contribution in [-0.2, 0) is 4.79 Å². The third kappa shape index (κ3) is 6.06. The fourth-order valence-electron chi connectivity index (χ4n) is 4.08. The summed E-state index contributed by atoms with van der Waals surface area (Å²) in [6, 6.07) is 8.89. The second-order valence-electron chi connectivity index (χ2n) is 9.07. The highest BCUT2D eigenvalue weighted by Gasteiger charge is 2.18. The van der Waals surface area contributed by atoms with Crippen molar-refractivity contribution in [1.82, 2.24) is 25.2 Å². The van der Waals surface area contributed by atoms with Gasteiger partial charge >= 0.3 is 6.03 Å². The van der Waals surface area contributed by atoms with Crippen LogP contribution in [0.5, 0.6) is 0 Å². The van der Waals surface area contributed by atoms with Crippen LogP contribution < -0.4 is 20.9 Å². The first-order valence-corrected chi connectivity index (χ1v) is 11.8. The average molecular weight is 487 g/mol. The zero-order chi connectivity index (χ0) is 25.7. The number of urea groups is 1. The van der Waals surface area contributed by atoms with Crippen LogP contribution in [0.25, 0.3) is 11.0 Å². The molecule has 4 rings (SSSR count). The summed E-state index contributed by atoms with van der Waals surface area (Å²) in [5, 5.41) is 9.50. The van der Waals surface area contributed by atoms with Crippen molar-refractivity contribution in [2.75, 3.05) is 43.2 Å². The number of carbonyl (C=O) groups is 2. The lowest BCUT2D eigenvalue weighted by atomic mass is 10.2. The first-order valence-electron chi connectivity index (χ1n) is 11.8. The van der Waals surface area contributed by atoms with E-state index in [9.17, 15) is 9.59 Å². The third-order valence-electron chi connectivity index (χ3n) is 5.99. The molecular formula is C26H30N8O2. The molecule has 3 N–H and O–H groups in total. The number of terminal acetylenes is 1. The standard InChI is InChI=1S/C26H30N8O2/c1-5-17-14-22(31-26(36)29-18-8-6-7-9-18)30-24-21(17)15-27-25(32-24)28-19-10-12-20(13-11-19)34(4)23(35)16-33(2)3/h1,10-15,18H,6-9,16H2,2-4H3,(H3,27,28,29,30,31,32,36). The Morgan fingerprint density at radius 3 is 2.50 bits per heavy atom. The topological polar surface area (TPSA) is 115 Å². The fourth-order valence-corrected chi connectivity index (χ4v) is 4.08. The van der Waals surface area contributed by atoms with Crippen LogP contribution in [0.15, 0.2) is 36.5 Å². The van der Waals surface area contributed by atoms with Crippen LogP contribution in [-0.4, -0.2) is 65.5 Å². The maximum atomic E-state index is 12.4. The van der Waals surface area contributed by atoms with Gasteiger partial charge in [0, 0.05) is 36.2 Å². The van der Waals surface area contributed by atoms with E-state index in [0.29, 0.717) is 34.9 Å². The van der Waals surface area contributed by atoms with Crippen LogP contribution in [0.3, 0.4) is 0 Å². The van der Waals surface area contributed by atoms with Gasteiger partial charge in [0.1, 0.15) is 5.82 Å². The Balaban J connectivity index is 1.49. The highest BCUT2D eigenvalue weighted by atomic mass is 16.2. The van der Waals surface area contributed by atoms with Crippen LogP contribution >= 0.6 is 0 Å². The SMILES string of the molecule is C#Cc1cc(NC(=O)NC2CCCC2)nc2nc(Nc3ccc(N(C)C(=O)CN(C)C)cc3)ncc12. The second-order valence-corrected chi connectivity index (χ2v) is 9.07. The van der Waals surface area contributed by atoms with Gasteiger partial charge in [0.05, 0.1) is 11.9 Å². The Kier molecular flexibility index (Phi) is 7.61. The minimum atomic E-state index is -0.307. The Hall–Kier alpha value is -4.23. The van der Waals surface area contributed by atoms with Gasteiger partial charge in [-0.2, -0.15) is 4.98 Å². The molecule has 0 radical (unpaired) electrons. The number of aromatic nitrogens is 3. The summed E-state index contributed by atoms with van der Waals surface area (Å²) in [5.41, 5.74) is 2.43. The summed E-state index contributed by atoms with van der Waals surface area (Å²) in [6.07, 6.45) is 11.5. The summed E-state index contributed by atoms with van der Waals surface area (Å²) < 4.78 is 0. The molecule has 2 aromatic heterocycles. The number of carbonyl (C=O) groups excluding carboxylic acids is 2. The number of nitrogens with one attached hydrogen (secondary N) is 3. The van der Waals surface area contributed by atoms with Gasteiger partial charge < -0.3 is 20.4 Å². The van der Waals surface area contributed by atoms with E-state index in [2.05, 4.69) is 36.8 Å². The second kappa shape index (κ2) is 11.0. The predicted octanol–water partition coefficient (Wildman–Crippen LogP) is 3.34. The van der Waals surface area contributed by atoms with Gasteiger partial charge in [0.25, 0.3) is 0 Å². The third-order valence-corrected chi connectivity index (χ3v) is 5.99. The van der Waals surface area contributed by atoms with E-state index in [0.717, 1.165) is 37.1 Å². The molecule has 0 bridgehead atoms. The Morgan fingerprint density at radius 1 is 1.11 bits per heavy atom. The molecule has 3 aromatic rings. The molecule has 0 saturated heterocycles. The zero-order valence-electron chi connectivity index (χ0n) is 20.7. The maximum Gasteiger partial charge on any atom is 0.320 e. The van der Waals surface area contributed by atoms with Crippen molar-refractivity contribution in [3.63, 3.8) is 0 Å². The lowest BCUT2D eigenvalue weighted by molar-refractivity contribution is -0.118. The van der Waals surface area contributed by atoms with Gasteiger partial charge in [-0.05, 0) is 57.3 Å². The average Bonchev–Trinajstić information content (AvgIpc) is 3.35. The lowest BCUT2D eigenvalue weighted by Gasteiger charge is -2.20. The van der Waals surface area contributed by atoms with Crippen molar-refractivity contribution in [3.05, 3.63) is 42.1 Å². The van der Waals surface area contributed by atoms with E-state index in [4.69, 9.17) is 6.42 Å². The summed E-state index contributed by atoms with van der Waals surface area (Å²) in [5.74, 6) is 3.27. The van der Waals surface area contributed by atoms with Crippen molar-refractivity contribution < 1.29 is 9.59 Å². The number of amides is 3. The molecule has 0 spiro atoms. The minimum absolute atomic E-state index is 0.00435.